The summed E-state index contributed by atoms with van der Waals surface area (Å²) >= 11 is 0. The summed E-state index contributed by atoms with van der Waals surface area (Å²) < 4.78 is 1.79. The Labute approximate surface area is 165 Å². The van der Waals surface area contributed by atoms with Crippen LogP contribution in [0.2, 0.25) is 0 Å². The van der Waals surface area contributed by atoms with Crippen molar-refractivity contribution >= 4 is 17.5 Å². The second kappa shape index (κ2) is 7.26. The van der Waals surface area contributed by atoms with Crippen LogP contribution in [0.5, 0.6) is 0 Å². The molecule has 6 heteroatoms. The van der Waals surface area contributed by atoms with Crippen LogP contribution in [-0.2, 0) is 0 Å². The maximum Gasteiger partial charge on any atom is 0.246 e. The number of hydrogen-bond acceptors (Lipinski definition) is 5. The van der Waals surface area contributed by atoms with Crippen molar-refractivity contribution in [1.82, 2.24) is 19.7 Å². The molecule has 144 valence electrons. The summed E-state index contributed by atoms with van der Waals surface area (Å²) in [5, 5.41) is 7.97. The molecule has 2 aromatic heterocycles. The Morgan fingerprint density at radius 3 is 2.54 bits per heavy atom. The maximum absolute atomic E-state index is 4.98. The molecule has 0 radical (unpaired) electrons. The number of nitrogens with one attached hydrogen (secondary N) is 1. The van der Waals surface area contributed by atoms with Crippen molar-refractivity contribution in [1.29, 1.82) is 0 Å². The molecule has 3 heterocycles. The normalized spacial score (nSPS) is 17.7. The van der Waals surface area contributed by atoms with E-state index in [0.29, 0.717) is 11.9 Å². The fourth-order valence-electron chi connectivity index (χ4n) is 3.75. The third-order valence-corrected chi connectivity index (χ3v) is 5.70. The van der Waals surface area contributed by atoms with Gasteiger partial charge in [-0.05, 0) is 49.8 Å². The molecule has 1 saturated carbocycles. The summed E-state index contributed by atoms with van der Waals surface area (Å²) in [5.74, 6) is 3.11. The molecule has 0 spiro atoms. The number of para-hydroxylation sites is 1. The van der Waals surface area contributed by atoms with Crippen LogP contribution < -0.4 is 10.2 Å². The summed E-state index contributed by atoms with van der Waals surface area (Å²) in [6.07, 6.45) is 6.71. The van der Waals surface area contributed by atoms with Crippen LogP contribution in [-0.4, -0.2) is 32.8 Å². The summed E-state index contributed by atoms with van der Waals surface area (Å²) in [5.41, 5.74) is 3.22. The Hall–Kier alpha value is -2.89. The Morgan fingerprint density at radius 2 is 1.79 bits per heavy atom. The number of nitrogens with zero attached hydrogens (tertiary/aromatic N) is 5. The molecular formula is C22H26N6. The zero-order chi connectivity index (χ0) is 18.9. The van der Waals surface area contributed by atoms with Crippen molar-refractivity contribution in [3.63, 3.8) is 0 Å². The van der Waals surface area contributed by atoms with Gasteiger partial charge in [-0.25, -0.2) is 9.67 Å². The lowest BCUT2D eigenvalue weighted by Gasteiger charge is -2.31. The first-order valence-electron chi connectivity index (χ1n) is 10.3. The Kier molecular flexibility index (Phi) is 4.47. The highest BCUT2D eigenvalue weighted by atomic mass is 15.4. The van der Waals surface area contributed by atoms with Crippen molar-refractivity contribution in [2.24, 2.45) is 5.92 Å². The number of piperidine rings is 1. The third-order valence-electron chi connectivity index (χ3n) is 5.70. The number of rotatable bonds is 5. The lowest BCUT2D eigenvalue weighted by atomic mass is 9.99. The number of anilines is 3. The molecule has 1 aromatic carbocycles. The van der Waals surface area contributed by atoms with Gasteiger partial charge in [-0.1, -0.05) is 25.1 Å². The van der Waals surface area contributed by atoms with Gasteiger partial charge in [-0.3, -0.25) is 0 Å². The predicted molar refractivity (Wildman–Crippen MR) is 111 cm³/mol. The van der Waals surface area contributed by atoms with Crippen molar-refractivity contribution in [3.05, 3.63) is 54.5 Å². The molecule has 3 aromatic rings. The van der Waals surface area contributed by atoms with Crippen LogP contribution in [0, 0.1) is 5.92 Å². The molecule has 0 atom stereocenters. The molecule has 0 amide bonds. The van der Waals surface area contributed by atoms with E-state index in [1.807, 2.05) is 30.3 Å². The molecule has 5 rings (SSSR count). The van der Waals surface area contributed by atoms with Crippen LogP contribution in [0.25, 0.3) is 5.69 Å². The second-order valence-corrected chi connectivity index (χ2v) is 8.06. The summed E-state index contributed by atoms with van der Waals surface area (Å²) in [6.45, 7) is 4.51. The third kappa shape index (κ3) is 3.72. The predicted octanol–water partition coefficient (Wildman–Crippen LogP) is 4.52. The topological polar surface area (TPSA) is 58.9 Å². The van der Waals surface area contributed by atoms with E-state index in [2.05, 4.69) is 39.4 Å². The van der Waals surface area contributed by atoms with Gasteiger partial charge in [-0.2, -0.15) is 4.98 Å². The van der Waals surface area contributed by atoms with Gasteiger partial charge >= 0.3 is 0 Å². The van der Waals surface area contributed by atoms with E-state index in [-0.39, 0.29) is 0 Å². The number of aromatic nitrogens is 4. The standard InChI is InChI=1S/C22H26N6/c1-16-9-11-27(12-10-16)21-14-18(13-20(25-21)17-7-8-17)24-22-23-15-28(26-22)19-5-3-2-4-6-19/h2-6,13-17H,7-12H2,1H3,(H,24,25,26). The number of pyridine rings is 1. The highest BCUT2D eigenvalue weighted by Crippen LogP contribution is 2.41. The van der Waals surface area contributed by atoms with Gasteiger partial charge in [0.2, 0.25) is 5.95 Å². The average Bonchev–Trinajstić information content (AvgIpc) is 3.48. The first-order chi connectivity index (χ1) is 13.7. The van der Waals surface area contributed by atoms with Gasteiger partial charge in [-0.15, -0.1) is 5.10 Å². The quantitative estimate of drug-likeness (QED) is 0.711. The van der Waals surface area contributed by atoms with E-state index in [0.717, 1.165) is 36.2 Å². The summed E-state index contributed by atoms with van der Waals surface area (Å²) in [7, 11) is 0. The molecule has 1 saturated heterocycles. The highest BCUT2D eigenvalue weighted by molar-refractivity contribution is 5.60. The first kappa shape index (κ1) is 17.2. The van der Waals surface area contributed by atoms with Gasteiger partial charge in [0.25, 0.3) is 0 Å². The van der Waals surface area contributed by atoms with Gasteiger partial charge in [0.05, 0.1) is 5.69 Å². The fraction of sp³-hybridized carbons (Fsp3) is 0.409. The summed E-state index contributed by atoms with van der Waals surface area (Å²) in [4.78, 5) is 11.8. The number of benzene rings is 1. The molecular weight excluding hydrogens is 348 g/mol. The van der Waals surface area contributed by atoms with Crippen LogP contribution in [0.3, 0.4) is 0 Å². The van der Waals surface area contributed by atoms with Crippen LogP contribution in [0.1, 0.15) is 44.2 Å². The van der Waals surface area contributed by atoms with Crippen LogP contribution >= 0.6 is 0 Å². The molecule has 0 unspecified atom stereocenters. The van der Waals surface area contributed by atoms with Gasteiger partial charge in [0.1, 0.15) is 12.1 Å². The lowest BCUT2D eigenvalue weighted by molar-refractivity contribution is 0.436. The van der Waals surface area contributed by atoms with E-state index < -0.39 is 0 Å². The molecule has 1 aliphatic heterocycles. The van der Waals surface area contributed by atoms with E-state index in [4.69, 9.17) is 4.98 Å². The maximum atomic E-state index is 4.98. The van der Waals surface area contributed by atoms with Gasteiger partial charge in [0, 0.05) is 36.5 Å². The zero-order valence-electron chi connectivity index (χ0n) is 16.3. The largest absolute Gasteiger partial charge is 0.357 e. The molecule has 28 heavy (non-hydrogen) atoms. The van der Waals surface area contributed by atoms with Crippen molar-refractivity contribution in [2.75, 3.05) is 23.3 Å². The molecule has 0 bridgehead atoms. The minimum Gasteiger partial charge on any atom is -0.357 e. The van der Waals surface area contributed by atoms with Crippen molar-refractivity contribution in [3.8, 4) is 5.69 Å². The average molecular weight is 374 g/mol. The Bertz CT molecular complexity index is 939. The molecule has 2 fully saturated rings. The molecule has 1 N–H and O–H groups in total. The van der Waals surface area contributed by atoms with E-state index in [1.54, 1.807) is 11.0 Å². The highest BCUT2D eigenvalue weighted by Gasteiger charge is 2.27. The monoisotopic (exact) mass is 374 g/mol. The van der Waals surface area contributed by atoms with E-state index in [1.165, 1.54) is 31.4 Å². The van der Waals surface area contributed by atoms with Crippen molar-refractivity contribution in [2.45, 2.75) is 38.5 Å². The fourth-order valence-corrected chi connectivity index (χ4v) is 3.75. The SMILES string of the molecule is CC1CCN(c2cc(Nc3ncn(-c4ccccc4)n3)cc(C3CC3)n2)CC1. The smallest absolute Gasteiger partial charge is 0.246 e. The summed E-state index contributed by atoms with van der Waals surface area (Å²) in [6, 6.07) is 14.3. The van der Waals surface area contributed by atoms with Crippen LogP contribution in [0.15, 0.2) is 48.8 Å². The minimum atomic E-state index is 0.606. The molecule has 2 aliphatic rings. The molecule has 1 aliphatic carbocycles. The van der Waals surface area contributed by atoms with Crippen LogP contribution in [0.4, 0.5) is 17.5 Å². The Morgan fingerprint density at radius 1 is 1.00 bits per heavy atom. The second-order valence-electron chi connectivity index (χ2n) is 8.06. The van der Waals surface area contributed by atoms with Gasteiger partial charge in [0.15, 0.2) is 0 Å². The van der Waals surface area contributed by atoms with E-state index >= 15 is 0 Å². The Balaban J connectivity index is 1.39. The molecule has 6 nitrogen and oxygen atoms in total. The minimum absolute atomic E-state index is 0.606. The lowest BCUT2D eigenvalue weighted by Crippen LogP contribution is -2.33. The first-order valence-corrected chi connectivity index (χ1v) is 10.3. The number of hydrogen-bond donors (Lipinski definition) is 1. The van der Waals surface area contributed by atoms with Crippen molar-refractivity contribution < 1.29 is 0 Å². The van der Waals surface area contributed by atoms with E-state index in [9.17, 15) is 0 Å². The van der Waals surface area contributed by atoms with Gasteiger partial charge < -0.3 is 10.2 Å². The zero-order valence-corrected chi connectivity index (χ0v) is 16.3.